The van der Waals surface area contributed by atoms with Crippen LogP contribution >= 0.6 is 15.9 Å². The van der Waals surface area contributed by atoms with Gasteiger partial charge in [0.25, 0.3) is 0 Å². The van der Waals surface area contributed by atoms with E-state index in [1.807, 2.05) is 0 Å². The zero-order valence-corrected chi connectivity index (χ0v) is 11.8. The Balaban J connectivity index is 2.00. The Morgan fingerprint density at radius 2 is 1.88 bits per heavy atom. The van der Waals surface area contributed by atoms with E-state index in [0.29, 0.717) is 10.7 Å². The predicted molar refractivity (Wildman–Crippen MR) is 69.7 cm³/mol. The van der Waals surface area contributed by atoms with Crippen molar-refractivity contribution in [2.45, 2.75) is 56.7 Å². The number of carbonyl (C=O) groups excluding carboxylic acids is 1. The zero-order chi connectivity index (χ0) is 11.6. The first kappa shape index (κ1) is 12.4. The van der Waals surface area contributed by atoms with Crippen molar-refractivity contribution in [2.75, 3.05) is 13.1 Å². The van der Waals surface area contributed by atoms with Gasteiger partial charge < -0.3 is 4.90 Å². The van der Waals surface area contributed by atoms with Gasteiger partial charge in [-0.3, -0.25) is 4.79 Å². The highest BCUT2D eigenvalue weighted by molar-refractivity contribution is 9.09. The predicted octanol–water partition coefficient (Wildman–Crippen LogP) is 3.34. The molecule has 3 heteroatoms. The van der Waals surface area contributed by atoms with Crippen molar-refractivity contribution >= 4 is 21.8 Å². The van der Waals surface area contributed by atoms with Crippen LogP contribution in [0.15, 0.2) is 0 Å². The molecular weight excluding hydrogens is 266 g/mol. The molecule has 2 aliphatic rings. The molecule has 1 amide bonds. The second-order valence-corrected chi connectivity index (χ2v) is 6.60. The maximum atomic E-state index is 12.6. The van der Waals surface area contributed by atoms with E-state index in [9.17, 15) is 4.79 Å². The molecule has 0 spiro atoms. The van der Waals surface area contributed by atoms with Gasteiger partial charge in [-0.1, -0.05) is 35.7 Å². The fourth-order valence-corrected chi connectivity index (χ4v) is 3.57. The van der Waals surface area contributed by atoms with Crippen molar-refractivity contribution in [2.24, 2.45) is 5.41 Å². The second-order valence-electron chi connectivity index (χ2n) is 5.31. The summed E-state index contributed by atoms with van der Waals surface area (Å²) in [6, 6.07) is 0. The average molecular weight is 288 g/mol. The van der Waals surface area contributed by atoms with Crippen LogP contribution < -0.4 is 0 Å². The molecule has 0 aromatic carbocycles. The van der Waals surface area contributed by atoms with Crippen molar-refractivity contribution in [1.29, 1.82) is 0 Å². The Hall–Kier alpha value is -0.0500. The lowest BCUT2D eigenvalue weighted by molar-refractivity contribution is -0.143. The van der Waals surface area contributed by atoms with Gasteiger partial charge in [0, 0.05) is 23.3 Å². The van der Waals surface area contributed by atoms with Crippen LogP contribution in [0.3, 0.4) is 0 Å². The summed E-state index contributed by atoms with van der Waals surface area (Å²) in [6.07, 6.45) is 7.99. The Kier molecular flexibility index (Phi) is 3.93. The topological polar surface area (TPSA) is 20.3 Å². The molecule has 0 aromatic heterocycles. The number of piperidine rings is 1. The van der Waals surface area contributed by atoms with Gasteiger partial charge in [-0.25, -0.2) is 0 Å². The minimum atomic E-state index is 0.0130. The first-order chi connectivity index (χ1) is 7.68. The fourth-order valence-electron chi connectivity index (χ4n) is 3.16. The molecule has 0 N–H and O–H groups in total. The molecule has 0 aromatic rings. The van der Waals surface area contributed by atoms with Gasteiger partial charge in [-0.2, -0.15) is 0 Å². The molecule has 2 rings (SSSR count). The van der Waals surface area contributed by atoms with Gasteiger partial charge >= 0.3 is 0 Å². The lowest BCUT2D eigenvalue weighted by Gasteiger charge is -2.37. The quantitative estimate of drug-likeness (QED) is 0.714. The van der Waals surface area contributed by atoms with Crippen molar-refractivity contribution < 1.29 is 4.79 Å². The molecule has 16 heavy (non-hydrogen) atoms. The molecule has 0 bridgehead atoms. The number of rotatable bonds is 2. The molecule has 1 saturated carbocycles. The largest absolute Gasteiger partial charge is 0.342 e. The molecule has 2 nitrogen and oxygen atoms in total. The van der Waals surface area contributed by atoms with E-state index in [1.54, 1.807) is 0 Å². The summed E-state index contributed by atoms with van der Waals surface area (Å²) in [5, 5.41) is 0. The monoisotopic (exact) mass is 287 g/mol. The minimum absolute atomic E-state index is 0.0130. The highest BCUT2D eigenvalue weighted by Crippen LogP contribution is 2.43. The molecule has 92 valence electrons. The Labute approximate surface area is 107 Å². The number of hydrogen-bond acceptors (Lipinski definition) is 1. The highest BCUT2D eigenvalue weighted by Gasteiger charge is 2.42. The summed E-state index contributed by atoms with van der Waals surface area (Å²) < 4.78 is 0. The van der Waals surface area contributed by atoms with E-state index in [4.69, 9.17) is 0 Å². The van der Waals surface area contributed by atoms with E-state index >= 15 is 0 Å². The minimum Gasteiger partial charge on any atom is -0.342 e. The van der Waals surface area contributed by atoms with Crippen molar-refractivity contribution in [3.8, 4) is 0 Å². The molecule has 0 atom stereocenters. The van der Waals surface area contributed by atoms with Crippen LogP contribution in [0.2, 0.25) is 0 Å². The number of nitrogens with zero attached hydrogens (tertiary/aromatic N) is 1. The van der Waals surface area contributed by atoms with Crippen molar-refractivity contribution in [1.82, 2.24) is 4.90 Å². The number of carbonyl (C=O) groups is 1. The lowest BCUT2D eigenvalue weighted by Crippen LogP contribution is -2.46. The normalized spacial score (nSPS) is 26.0. The van der Waals surface area contributed by atoms with Crippen molar-refractivity contribution in [3.05, 3.63) is 0 Å². The smallest absolute Gasteiger partial charge is 0.228 e. The van der Waals surface area contributed by atoms with Gasteiger partial charge in [0.15, 0.2) is 0 Å². The molecule has 1 saturated heterocycles. The van der Waals surface area contributed by atoms with Gasteiger partial charge in [0.05, 0.1) is 0 Å². The van der Waals surface area contributed by atoms with Crippen LogP contribution in [0.25, 0.3) is 0 Å². The summed E-state index contributed by atoms with van der Waals surface area (Å²) in [5.74, 6) is 0.451. The second kappa shape index (κ2) is 5.07. The molecule has 1 heterocycles. The maximum Gasteiger partial charge on any atom is 0.228 e. The lowest BCUT2D eigenvalue weighted by atomic mass is 9.81. The molecule has 1 aliphatic carbocycles. The third kappa shape index (κ3) is 2.29. The number of alkyl halides is 1. The third-order valence-electron chi connectivity index (χ3n) is 4.40. The third-order valence-corrected chi connectivity index (χ3v) is 5.32. The van der Waals surface area contributed by atoms with E-state index in [-0.39, 0.29) is 5.41 Å². The summed E-state index contributed by atoms with van der Waals surface area (Å²) in [4.78, 5) is 15.3. The standard InChI is InChI=1S/C13H22BrNO/c1-2-13(7-3-4-8-13)12(16)15-9-5-11(14)6-10-15/h11H,2-10H2,1H3. The summed E-state index contributed by atoms with van der Waals surface area (Å²) >= 11 is 3.64. The molecule has 1 aliphatic heterocycles. The number of likely N-dealkylation sites (tertiary alicyclic amines) is 1. The SMILES string of the molecule is CCC1(C(=O)N2CCC(Br)CC2)CCCC1. The zero-order valence-electron chi connectivity index (χ0n) is 10.2. The van der Waals surface area contributed by atoms with Gasteiger partial charge in [0.1, 0.15) is 0 Å². The number of hydrogen-bond donors (Lipinski definition) is 0. The summed E-state index contributed by atoms with van der Waals surface area (Å²) in [6.45, 7) is 4.09. The van der Waals surface area contributed by atoms with Crippen LogP contribution in [0.1, 0.15) is 51.9 Å². The van der Waals surface area contributed by atoms with Crippen LogP contribution in [0.5, 0.6) is 0 Å². The van der Waals surface area contributed by atoms with Crippen LogP contribution in [-0.4, -0.2) is 28.7 Å². The fraction of sp³-hybridized carbons (Fsp3) is 0.923. The molecule has 0 unspecified atom stereocenters. The Morgan fingerprint density at radius 1 is 1.31 bits per heavy atom. The average Bonchev–Trinajstić information content (AvgIpc) is 2.79. The first-order valence-electron chi connectivity index (χ1n) is 6.61. The van der Waals surface area contributed by atoms with E-state index in [0.717, 1.165) is 45.2 Å². The maximum absolute atomic E-state index is 12.6. The van der Waals surface area contributed by atoms with Crippen LogP contribution in [-0.2, 0) is 4.79 Å². The van der Waals surface area contributed by atoms with E-state index < -0.39 is 0 Å². The summed E-state index contributed by atoms with van der Waals surface area (Å²) in [7, 11) is 0. The first-order valence-corrected chi connectivity index (χ1v) is 7.53. The van der Waals surface area contributed by atoms with Gasteiger partial charge in [0.2, 0.25) is 5.91 Å². The Morgan fingerprint density at radius 3 is 2.38 bits per heavy atom. The number of halogens is 1. The number of amides is 1. The molecule has 0 radical (unpaired) electrons. The van der Waals surface area contributed by atoms with E-state index in [1.165, 1.54) is 12.8 Å². The van der Waals surface area contributed by atoms with Gasteiger partial charge in [-0.05, 0) is 32.1 Å². The van der Waals surface area contributed by atoms with Crippen LogP contribution in [0, 0.1) is 5.41 Å². The van der Waals surface area contributed by atoms with Crippen molar-refractivity contribution in [3.63, 3.8) is 0 Å². The highest BCUT2D eigenvalue weighted by atomic mass is 79.9. The summed E-state index contributed by atoms with van der Waals surface area (Å²) in [5.41, 5.74) is 0.0130. The van der Waals surface area contributed by atoms with Crippen LogP contribution in [0.4, 0.5) is 0 Å². The molecular formula is C13H22BrNO. The van der Waals surface area contributed by atoms with Gasteiger partial charge in [-0.15, -0.1) is 0 Å². The molecule has 2 fully saturated rings. The van der Waals surface area contributed by atoms with E-state index in [2.05, 4.69) is 27.8 Å². The Bertz CT molecular complexity index is 253.